The highest BCUT2D eigenvalue weighted by atomic mass is 19.1. The minimum absolute atomic E-state index is 0.0647. The summed E-state index contributed by atoms with van der Waals surface area (Å²) in [4.78, 5) is 9.53. The van der Waals surface area contributed by atoms with Gasteiger partial charge in [0.05, 0.1) is 4.92 Å². The van der Waals surface area contributed by atoms with Crippen molar-refractivity contribution in [3.8, 4) is 0 Å². The van der Waals surface area contributed by atoms with Gasteiger partial charge < -0.3 is 0 Å². The number of hydrogen-bond donors (Lipinski definition) is 0. The van der Waals surface area contributed by atoms with Crippen molar-refractivity contribution in [3.63, 3.8) is 0 Å². The van der Waals surface area contributed by atoms with Gasteiger partial charge in [-0.05, 0) is 12.0 Å². The molecule has 3 nitrogen and oxygen atoms in total. The molecule has 0 radical (unpaired) electrons. The Kier molecular flexibility index (Phi) is 2.03. The number of rotatable bonds is 1. The van der Waals surface area contributed by atoms with Crippen LogP contribution in [0, 0.1) is 16.0 Å². The molecule has 0 aliphatic heterocycles. The van der Waals surface area contributed by atoms with E-state index >= 15 is 0 Å². The highest BCUT2D eigenvalue weighted by Gasteiger charge is 2.22. The average Bonchev–Trinajstić information content (AvgIpc) is 1.94. The summed E-state index contributed by atoms with van der Waals surface area (Å²) in [5.74, 6) is -0.650. The molecule has 4 heteroatoms. The molecule has 1 aliphatic carbocycles. The van der Waals surface area contributed by atoms with E-state index in [1.165, 1.54) is 0 Å². The molecule has 1 aliphatic rings. The van der Waals surface area contributed by atoms with E-state index in [1.54, 1.807) is 6.08 Å². The number of allylic oxidation sites excluding steroid dienone is 4. The molecule has 0 amide bonds. The van der Waals surface area contributed by atoms with Crippen LogP contribution in [-0.2, 0) is 0 Å². The van der Waals surface area contributed by atoms with Gasteiger partial charge in [0.1, 0.15) is 0 Å². The third kappa shape index (κ3) is 1.63. The molecule has 0 fully saturated rings. The zero-order valence-corrected chi connectivity index (χ0v) is 6.08. The van der Waals surface area contributed by atoms with Crippen molar-refractivity contribution in [2.24, 2.45) is 5.92 Å². The summed E-state index contributed by atoms with van der Waals surface area (Å²) in [7, 11) is 0. The van der Waals surface area contributed by atoms with Crippen LogP contribution in [0.15, 0.2) is 23.7 Å². The highest BCUT2D eigenvalue weighted by Crippen LogP contribution is 2.23. The molecule has 0 aromatic heterocycles. The molecule has 60 valence electrons. The fourth-order valence-corrected chi connectivity index (χ4v) is 0.977. The maximum Gasteiger partial charge on any atom is 0.282 e. The summed E-state index contributed by atoms with van der Waals surface area (Å²) in [6.45, 7) is 1.81. The lowest BCUT2D eigenvalue weighted by molar-refractivity contribution is -0.431. The fraction of sp³-hybridized carbons (Fsp3) is 0.429. The van der Waals surface area contributed by atoms with Crippen LogP contribution in [0.2, 0.25) is 0 Å². The van der Waals surface area contributed by atoms with Crippen molar-refractivity contribution < 1.29 is 9.31 Å². The molecule has 0 aromatic rings. The van der Waals surface area contributed by atoms with Crippen LogP contribution in [-0.4, -0.2) is 4.92 Å². The van der Waals surface area contributed by atoms with Crippen LogP contribution in [0.4, 0.5) is 4.39 Å². The van der Waals surface area contributed by atoms with E-state index in [4.69, 9.17) is 0 Å². The Morgan fingerprint density at radius 2 is 2.45 bits per heavy atom. The van der Waals surface area contributed by atoms with Crippen molar-refractivity contribution in [2.75, 3.05) is 0 Å². The van der Waals surface area contributed by atoms with Crippen LogP contribution in [0.1, 0.15) is 13.3 Å². The topological polar surface area (TPSA) is 43.1 Å². The molecule has 0 saturated heterocycles. The Balaban J connectivity index is 2.90. The summed E-state index contributed by atoms with van der Waals surface area (Å²) in [5.41, 5.74) is -0.306. The van der Waals surface area contributed by atoms with Gasteiger partial charge in [0.15, 0.2) is 5.83 Å². The van der Waals surface area contributed by atoms with Crippen molar-refractivity contribution in [1.29, 1.82) is 0 Å². The van der Waals surface area contributed by atoms with Crippen LogP contribution < -0.4 is 0 Å². The molecule has 0 spiro atoms. The summed E-state index contributed by atoms with van der Waals surface area (Å²) < 4.78 is 12.6. The standard InChI is InChI=1S/C7H8FNO2/c1-5-2-3-6(8)7(4-5)9(10)11/h2-3,5H,4H2,1H3. The van der Waals surface area contributed by atoms with Crippen molar-refractivity contribution in [3.05, 3.63) is 33.8 Å². The van der Waals surface area contributed by atoms with Gasteiger partial charge in [0, 0.05) is 6.42 Å². The highest BCUT2D eigenvalue weighted by molar-refractivity contribution is 5.20. The Morgan fingerprint density at radius 1 is 1.82 bits per heavy atom. The zero-order chi connectivity index (χ0) is 8.43. The van der Waals surface area contributed by atoms with E-state index < -0.39 is 10.8 Å². The quantitative estimate of drug-likeness (QED) is 0.431. The minimum atomic E-state index is -0.715. The van der Waals surface area contributed by atoms with Crippen LogP contribution in [0.25, 0.3) is 0 Å². The van der Waals surface area contributed by atoms with Crippen molar-refractivity contribution in [2.45, 2.75) is 13.3 Å². The Hall–Kier alpha value is -1.19. The first-order chi connectivity index (χ1) is 5.11. The second-order valence-electron chi connectivity index (χ2n) is 2.59. The van der Waals surface area contributed by atoms with E-state index in [0.717, 1.165) is 6.08 Å². The average molecular weight is 157 g/mol. The summed E-state index contributed by atoms with van der Waals surface area (Å²) in [5, 5.41) is 10.2. The second kappa shape index (κ2) is 2.82. The molecular formula is C7H8FNO2. The molecule has 0 saturated carbocycles. The molecule has 0 bridgehead atoms. The molecule has 0 N–H and O–H groups in total. The van der Waals surface area contributed by atoms with E-state index in [0.29, 0.717) is 0 Å². The number of hydrogen-bond acceptors (Lipinski definition) is 2. The molecule has 1 rings (SSSR count). The lowest BCUT2D eigenvalue weighted by Gasteiger charge is -2.08. The molecule has 1 atom stereocenters. The van der Waals surface area contributed by atoms with Gasteiger partial charge in [-0.1, -0.05) is 13.0 Å². The van der Waals surface area contributed by atoms with Crippen molar-refractivity contribution in [1.82, 2.24) is 0 Å². The maximum absolute atomic E-state index is 12.6. The first-order valence-corrected chi connectivity index (χ1v) is 3.32. The molecule has 11 heavy (non-hydrogen) atoms. The van der Waals surface area contributed by atoms with Gasteiger partial charge in [-0.15, -0.1) is 0 Å². The van der Waals surface area contributed by atoms with E-state index in [9.17, 15) is 14.5 Å². The number of nitrogens with zero attached hydrogens (tertiary/aromatic N) is 1. The Morgan fingerprint density at radius 3 is 2.91 bits per heavy atom. The summed E-state index contributed by atoms with van der Waals surface area (Å²) in [6.07, 6.45) is 2.98. The molecule has 0 heterocycles. The van der Waals surface area contributed by atoms with Crippen LogP contribution in [0.5, 0.6) is 0 Å². The van der Waals surface area contributed by atoms with E-state index in [2.05, 4.69) is 0 Å². The Labute approximate surface area is 63.4 Å². The van der Waals surface area contributed by atoms with Gasteiger partial charge in [-0.3, -0.25) is 10.1 Å². The third-order valence-electron chi connectivity index (χ3n) is 1.58. The van der Waals surface area contributed by atoms with Gasteiger partial charge in [0.2, 0.25) is 0 Å². The lowest BCUT2D eigenvalue weighted by Crippen LogP contribution is -2.08. The number of halogens is 1. The minimum Gasteiger partial charge on any atom is -0.259 e. The normalized spacial score (nSPS) is 24.0. The first-order valence-electron chi connectivity index (χ1n) is 3.32. The maximum atomic E-state index is 12.6. The first kappa shape index (κ1) is 7.91. The van der Waals surface area contributed by atoms with Gasteiger partial charge >= 0.3 is 0 Å². The smallest absolute Gasteiger partial charge is 0.259 e. The van der Waals surface area contributed by atoms with Crippen LogP contribution >= 0.6 is 0 Å². The van der Waals surface area contributed by atoms with Gasteiger partial charge in [-0.25, -0.2) is 0 Å². The fourth-order valence-electron chi connectivity index (χ4n) is 0.977. The van der Waals surface area contributed by atoms with Gasteiger partial charge in [0.25, 0.3) is 5.70 Å². The number of nitro groups is 1. The second-order valence-corrected chi connectivity index (χ2v) is 2.59. The lowest BCUT2D eigenvalue weighted by atomic mass is 10.0. The SMILES string of the molecule is CC1C=CC(F)=C([N+](=O)[O-])C1. The summed E-state index contributed by atoms with van der Waals surface area (Å²) >= 11 is 0. The predicted molar refractivity (Wildman–Crippen MR) is 38.0 cm³/mol. The third-order valence-corrected chi connectivity index (χ3v) is 1.58. The predicted octanol–water partition coefficient (Wildman–Crippen LogP) is 2.04. The van der Waals surface area contributed by atoms with Crippen LogP contribution in [0.3, 0.4) is 0 Å². The molecule has 0 aromatic carbocycles. The van der Waals surface area contributed by atoms with Gasteiger partial charge in [-0.2, -0.15) is 4.39 Å². The Bertz CT molecular complexity index is 245. The van der Waals surface area contributed by atoms with E-state index in [-0.39, 0.29) is 18.0 Å². The monoisotopic (exact) mass is 157 g/mol. The van der Waals surface area contributed by atoms with Crippen molar-refractivity contribution >= 4 is 0 Å². The van der Waals surface area contributed by atoms with E-state index in [1.807, 2.05) is 6.92 Å². The zero-order valence-electron chi connectivity index (χ0n) is 6.08. The molecular weight excluding hydrogens is 149 g/mol. The summed E-state index contributed by atoms with van der Waals surface area (Å²) in [6, 6.07) is 0. The molecule has 1 unspecified atom stereocenters. The largest absolute Gasteiger partial charge is 0.282 e.